The van der Waals surface area contributed by atoms with Crippen molar-refractivity contribution in [3.05, 3.63) is 17.5 Å². The average Bonchev–Trinajstić information content (AvgIpc) is 2.46. The summed E-state index contributed by atoms with van der Waals surface area (Å²) >= 11 is 3.34. The van der Waals surface area contributed by atoms with Crippen LogP contribution < -0.4 is 10.1 Å². The number of aromatic nitrogens is 2. The van der Waals surface area contributed by atoms with E-state index >= 15 is 0 Å². The summed E-state index contributed by atoms with van der Waals surface area (Å²) in [4.78, 5) is 20.4. The number of rotatable bonds is 6. The van der Waals surface area contributed by atoms with E-state index in [1.54, 1.807) is 0 Å². The SMILES string of the molecule is Cc1cc(C)nc(OC2CCC(NC(=O)CCCBr)CC2)n1. The maximum absolute atomic E-state index is 11.7. The third kappa shape index (κ3) is 5.55. The van der Waals surface area contributed by atoms with Crippen molar-refractivity contribution >= 4 is 21.8 Å². The molecule has 122 valence electrons. The third-order valence-electron chi connectivity index (χ3n) is 3.81. The van der Waals surface area contributed by atoms with Gasteiger partial charge in [0.15, 0.2) is 0 Å². The van der Waals surface area contributed by atoms with E-state index in [0.29, 0.717) is 12.4 Å². The second-order valence-electron chi connectivity index (χ2n) is 5.88. The van der Waals surface area contributed by atoms with Crippen LogP contribution >= 0.6 is 15.9 Å². The lowest BCUT2D eigenvalue weighted by Crippen LogP contribution is -2.39. The summed E-state index contributed by atoms with van der Waals surface area (Å²) in [6.45, 7) is 3.89. The quantitative estimate of drug-likeness (QED) is 0.782. The maximum atomic E-state index is 11.7. The topological polar surface area (TPSA) is 64.1 Å². The summed E-state index contributed by atoms with van der Waals surface area (Å²) < 4.78 is 5.89. The molecule has 1 aliphatic carbocycles. The highest BCUT2D eigenvalue weighted by Crippen LogP contribution is 2.22. The van der Waals surface area contributed by atoms with Crippen LogP contribution in [-0.2, 0) is 4.79 Å². The van der Waals surface area contributed by atoms with Crippen LogP contribution in [0.3, 0.4) is 0 Å². The summed E-state index contributed by atoms with van der Waals surface area (Å²) in [5, 5.41) is 3.98. The molecule has 1 heterocycles. The lowest BCUT2D eigenvalue weighted by Gasteiger charge is -2.29. The van der Waals surface area contributed by atoms with E-state index in [4.69, 9.17) is 4.74 Å². The van der Waals surface area contributed by atoms with Gasteiger partial charge in [0.2, 0.25) is 5.91 Å². The minimum absolute atomic E-state index is 0.150. The van der Waals surface area contributed by atoms with Gasteiger partial charge in [-0.1, -0.05) is 15.9 Å². The van der Waals surface area contributed by atoms with Crippen molar-refractivity contribution in [2.24, 2.45) is 0 Å². The Hall–Kier alpha value is -1.17. The number of amides is 1. The number of ether oxygens (including phenoxy) is 1. The minimum Gasteiger partial charge on any atom is -0.460 e. The van der Waals surface area contributed by atoms with Gasteiger partial charge in [-0.15, -0.1) is 0 Å². The number of hydrogen-bond donors (Lipinski definition) is 1. The van der Waals surface area contributed by atoms with E-state index in [1.165, 1.54) is 0 Å². The van der Waals surface area contributed by atoms with E-state index in [9.17, 15) is 4.79 Å². The molecule has 0 aromatic carbocycles. The van der Waals surface area contributed by atoms with Crippen LogP contribution in [0.4, 0.5) is 0 Å². The monoisotopic (exact) mass is 369 g/mol. The summed E-state index contributed by atoms with van der Waals surface area (Å²) in [6.07, 6.45) is 5.40. The van der Waals surface area contributed by atoms with Crippen LogP contribution in [0, 0.1) is 13.8 Å². The minimum atomic E-state index is 0.150. The Labute approximate surface area is 140 Å². The molecule has 22 heavy (non-hydrogen) atoms. The zero-order valence-electron chi connectivity index (χ0n) is 13.3. The van der Waals surface area contributed by atoms with Crippen molar-refractivity contribution < 1.29 is 9.53 Å². The first-order valence-electron chi connectivity index (χ1n) is 7.91. The first-order chi connectivity index (χ1) is 10.6. The molecule has 1 amide bonds. The molecule has 0 radical (unpaired) electrons. The van der Waals surface area contributed by atoms with Gasteiger partial charge in [0.25, 0.3) is 0 Å². The molecular weight excluding hydrogens is 346 g/mol. The molecule has 0 spiro atoms. The van der Waals surface area contributed by atoms with E-state index in [1.807, 2.05) is 19.9 Å². The lowest BCUT2D eigenvalue weighted by molar-refractivity contribution is -0.122. The van der Waals surface area contributed by atoms with Gasteiger partial charge in [-0.25, -0.2) is 9.97 Å². The van der Waals surface area contributed by atoms with Crippen molar-refractivity contribution in [3.8, 4) is 6.01 Å². The summed E-state index contributed by atoms with van der Waals surface area (Å²) in [7, 11) is 0. The molecule has 0 aliphatic heterocycles. The Kier molecular flexibility index (Phi) is 6.61. The van der Waals surface area contributed by atoms with E-state index < -0.39 is 0 Å². The number of alkyl halides is 1. The molecule has 1 aromatic heterocycles. The predicted molar refractivity (Wildman–Crippen MR) is 89.3 cm³/mol. The van der Waals surface area contributed by atoms with Crippen molar-refractivity contribution in [1.82, 2.24) is 15.3 Å². The van der Waals surface area contributed by atoms with Gasteiger partial charge < -0.3 is 10.1 Å². The molecule has 0 atom stereocenters. The second kappa shape index (κ2) is 8.46. The normalized spacial score (nSPS) is 21.4. The van der Waals surface area contributed by atoms with Crippen LogP contribution in [0.15, 0.2) is 6.07 Å². The number of nitrogens with one attached hydrogen (secondary N) is 1. The zero-order chi connectivity index (χ0) is 15.9. The number of halogens is 1. The number of carbonyl (C=O) groups excluding carboxylic acids is 1. The standard InChI is InChI=1S/C16H24BrN3O2/c1-11-10-12(2)19-16(18-11)22-14-7-5-13(6-8-14)20-15(21)4-3-9-17/h10,13-14H,3-9H2,1-2H3,(H,20,21). The molecule has 1 fully saturated rings. The van der Waals surface area contributed by atoms with Gasteiger partial charge >= 0.3 is 6.01 Å². The molecule has 2 rings (SSSR count). The number of carbonyl (C=O) groups is 1. The van der Waals surface area contributed by atoms with Gasteiger partial charge in [-0.2, -0.15) is 0 Å². The summed E-state index contributed by atoms with van der Waals surface area (Å²) in [5.74, 6) is 0.154. The van der Waals surface area contributed by atoms with E-state index in [-0.39, 0.29) is 18.1 Å². The van der Waals surface area contributed by atoms with Crippen molar-refractivity contribution in [3.63, 3.8) is 0 Å². The molecule has 6 heteroatoms. The smallest absolute Gasteiger partial charge is 0.317 e. The highest BCUT2D eigenvalue weighted by atomic mass is 79.9. The van der Waals surface area contributed by atoms with Crippen LogP contribution in [0.2, 0.25) is 0 Å². The van der Waals surface area contributed by atoms with Gasteiger partial charge in [-0.3, -0.25) is 4.79 Å². The Balaban J connectivity index is 1.76. The lowest BCUT2D eigenvalue weighted by atomic mass is 9.93. The fourth-order valence-electron chi connectivity index (χ4n) is 2.75. The van der Waals surface area contributed by atoms with Crippen molar-refractivity contribution in [2.75, 3.05) is 5.33 Å². The van der Waals surface area contributed by atoms with Crippen LogP contribution in [0.5, 0.6) is 6.01 Å². The maximum Gasteiger partial charge on any atom is 0.317 e. The number of nitrogens with zero attached hydrogens (tertiary/aromatic N) is 2. The fourth-order valence-corrected chi connectivity index (χ4v) is 3.03. The highest BCUT2D eigenvalue weighted by molar-refractivity contribution is 9.09. The van der Waals surface area contributed by atoms with Crippen LogP contribution in [0.25, 0.3) is 0 Å². The molecule has 0 unspecified atom stereocenters. The van der Waals surface area contributed by atoms with Crippen LogP contribution in [0.1, 0.15) is 49.9 Å². The molecule has 1 aliphatic rings. The number of aryl methyl sites for hydroxylation is 2. The Bertz CT molecular complexity index is 482. The molecular formula is C16H24BrN3O2. The van der Waals surface area contributed by atoms with Crippen molar-refractivity contribution in [2.45, 2.75) is 64.5 Å². The summed E-state index contributed by atoms with van der Waals surface area (Å²) in [5.41, 5.74) is 1.85. The first kappa shape index (κ1) is 17.2. The fraction of sp³-hybridized carbons (Fsp3) is 0.688. The molecule has 1 aromatic rings. The molecule has 0 bridgehead atoms. The van der Waals surface area contributed by atoms with Crippen LogP contribution in [-0.4, -0.2) is 33.4 Å². The first-order valence-corrected chi connectivity index (χ1v) is 9.03. The Morgan fingerprint density at radius 3 is 2.50 bits per heavy atom. The zero-order valence-corrected chi connectivity index (χ0v) is 14.9. The summed E-state index contributed by atoms with van der Waals surface area (Å²) in [6, 6.07) is 2.69. The van der Waals surface area contributed by atoms with Gasteiger partial charge in [-0.05, 0) is 52.0 Å². The molecule has 0 saturated heterocycles. The van der Waals surface area contributed by atoms with Gasteiger partial charge in [0.1, 0.15) is 6.10 Å². The highest BCUT2D eigenvalue weighted by Gasteiger charge is 2.24. The van der Waals surface area contributed by atoms with E-state index in [0.717, 1.165) is 48.8 Å². The average molecular weight is 370 g/mol. The Morgan fingerprint density at radius 2 is 1.91 bits per heavy atom. The number of hydrogen-bond acceptors (Lipinski definition) is 4. The van der Waals surface area contributed by atoms with Crippen molar-refractivity contribution in [1.29, 1.82) is 0 Å². The molecule has 5 nitrogen and oxygen atoms in total. The van der Waals surface area contributed by atoms with E-state index in [2.05, 4.69) is 31.2 Å². The Morgan fingerprint density at radius 1 is 1.27 bits per heavy atom. The predicted octanol–water partition coefficient (Wildman–Crippen LogP) is 3.07. The molecule has 1 N–H and O–H groups in total. The van der Waals surface area contributed by atoms with Gasteiger partial charge in [0.05, 0.1) is 0 Å². The van der Waals surface area contributed by atoms with Gasteiger partial charge in [0, 0.05) is 29.2 Å². The third-order valence-corrected chi connectivity index (χ3v) is 4.37. The second-order valence-corrected chi connectivity index (χ2v) is 6.68. The largest absolute Gasteiger partial charge is 0.460 e. The molecule has 1 saturated carbocycles.